The SMILES string of the molecule is CCOC(=O)c1cnc(-c2ccccc2Br)[nH]c1=O. The van der Waals surface area contributed by atoms with Crippen LogP contribution in [0.2, 0.25) is 0 Å². The van der Waals surface area contributed by atoms with Crippen molar-refractivity contribution in [1.29, 1.82) is 0 Å². The lowest BCUT2D eigenvalue weighted by Gasteiger charge is -2.04. The summed E-state index contributed by atoms with van der Waals surface area (Å²) >= 11 is 3.38. The molecule has 0 amide bonds. The maximum absolute atomic E-state index is 11.8. The van der Waals surface area contributed by atoms with E-state index in [1.165, 1.54) is 6.20 Å². The molecule has 2 aromatic rings. The molecule has 0 radical (unpaired) electrons. The Hall–Kier alpha value is -1.95. The molecule has 2 rings (SSSR count). The molecule has 0 unspecified atom stereocenters. The molecule has 0 saturated heterocycles. The van der Waals surface area contributed by atoms with Crippen LogP contribution in [0.3, 0.4) is 0 Å². The summed E-state index contributed by atoms with van der Waals surface area (Å²) in [6.45, 7) is 1.89. The molecular formula is C13H11BrN2O3. The number of nitrogens with one attached hydrogen (secondary N) is 1. The molecule has 1 aromatic heterocycles. The summed E-state index contributed by atoms with van der Waals surface area (Å²) in [6, 6.07) is 7.35. The van der Waals surface area contributed by atoms with Crippen molar-refractivity contribution in [2.24, 2.45) is 0 Å². The van der Waals surface area contributed by atoms with E-state index in [-0.39, 0.29) is 12.2 Å². The average molecular weight is 323 g/mol. The standard InChI is InChI=1S/C13H11BrN2O3/c1-2-19-13(18)9-7-15-11(16-12(9)17)8-5-3-4-6-10(8)14/h3-7H,2H2,1H3,(H,15,16,17). The van der Waals surface area contributed by atoms with E-state index in [2.05, 4.69) is 25.9 Å². The number of rotatable bonds is 3. The second kappa shape index (κ2) is 5.79. The van der Waals surface area contributed by atoms with Crippen LogP contribution in [-0.4, -0.2) is 22.5 Å². The Morgan fingerprint density at radius 2 is 2.16 bits per heavy atom. The van der Waals surface area contributed by atoms with E-state index < -0.39 is 11.5 Å². The van der Waals surface area contributed by atoms with Gasteiger partial charge in [0.15, 0.2) is 0 Å². The molecule has 0 bridgehead atoms. The number of aromatic amines is 1. The normalized spacial score (nSPS) is 10.2. The Labute approximate surface area is 117 Å². The predicted octanol–water partition coefficient (Wildman–Crippen LogP) is 2.38. The molecular weight excluding hydrogens is 312 g/mol. The van der Waals surface area contributed by atoms with E-state index in [1.54, 1.807) is 6.92 Å². The number of carbonyl (C=O) groups is 1. The van der Waals surface area contributed by atoms with Gasteiger partial charge in [0, 0.05) is 16.2 Å². The fourth-order valence-electron chi connectivity index (χ4n) is 1.54. The lowest BCUT2D eigenvalue weighted by Crippen LogP contribution is -2.21. The van der Waals surface area contributed by atoms with Crippen molar-refractivity contribution in [3.8, 4) is 11.4 Å². The monoisotopic (exact) mass is 322 g/mol. The molecule has 1 N–H and O–H groups in total. The van der Waals surface area contributed by atoms with E-state index >= 15 is 0 Å². The summed E-state index contributed by atoms with van der Waals surface area (Å²) in [6.07, 6.45) is 1.23. The minimum Gasteiger partial charge on any atom is -0.462 e. The van der Waals surface area contributed by atoms with Gasteiger partial charge >= 0.3 is 5.97 Å². The van der Waals surface area contributed by atoms with Crippen LogP contribution in [0.5, 0.6) is 0 Å². The molecule has 0 spiro atoms. The van der Waals surface area contributed by atoms with Gasteiger partial charge in [-0.05, 0) is 13.0 Å². The summed E-state index contributed by atoms with van der Waals surface area (Å²) in [5.74, 6) is -0.277. The van der Waals surface area contributed by atoms with Crippen LogP contribution in [0.25, 0.3) is 11.4 Å². The van der Waals surface area contributed by atoms with Crippen LogP contribution in [0, 0.1) is 0 Å². The Balaban J connectivity index is 2.43. The van der Waals surface area contributed by atoms with E-state index in [4.69, 9.17) is 4.74 Å². The minimum atomic E-state index is -0.671. The summed E-state index contributed by atoms with van der Waals surface area (Å²) in [4.78, 5) is 30.0. The third-order valence-corrected chi connectivity index (χ3v) is 3.12. The van der Waals surface area contributed by atoms with Gasteiger partial charge in [0.1, 0.15) is 11.4 Å². The summed E-state index contributed by atoms with van der Waals surface area (Å²) < 4.78 is 5.58. The second-order valence-electron chi connectivity index (χ2n) is 3.67. The molecule has 1 heterocycles. The van der Waals surface area contributed by atoms with Crippen LogP contribution < -0.4 is 5.56 Å². The number of benzene rings is 1. The summed E-state index contributed by atoms with van der Waals surface area (Å²) in [5.41, 5.74) is 0.131. The first-order valence-corrected chi connectivity index (χ1v) is 6.44. The predicted molar refractivity (Wildman–Crippen MR) is 74.0 cm³/mol. The molecule has 98 valence electrons. The van der Waals surface area contributed by atoms with Gasteiger partial charge in [-0.15, -0.1) is 0 Å². The van der Waals surface area contributed by atoms with E-state index in [0.717, 1.165) is 10.0 Å². The fourth-order valence-corrected chi connectivity index (χ4v) is 2.01. The van der Waals surface area contributed by atoms with Gasteiger partial charge in [0.05, 0.1) is 6.61 Å². The van der Waals surface area contributed by atoms with Gasteiger partial charge in [-0.25, -0.2) is 9.78 Å². The Kier molecular flexibility index (Phi) is 4.11. The highest BCUT2D eigenvalue weighted by molar-refractivity contribution is 9.10. The number of ether oxygens (including phenoxy) is 1. The second-order valence-corrected chi connectivity index (χ2v) is 4.53. The largest absolute Gasteiger partial charge is 0.462 e. The zero-order chi connectivity index (χ0) is 13.8. The van der Waals surface area contributed by atoms with E-state index in [9.17, 15) is 9.59 Å². The van der Waals surface area contributed by atoms with Crippen LogP contribution in [0.4, 0.5) is 0 Å². The smallest absolute Gasteiger partial charge is 0.345 e. The topological polar surface area (TPSA) is 72.0 Å². The molecule has 5 nitrogen and oxygen atoms in total. The minimum absolute atomic E-state index is 0.0994. The Morgan fingerprint density at radius 3 is 2.79 bits per heavy atom. The van der Waals surface area contributed by atoms with Crippen molar-refractivity contribution in [3.63, 3.8) is 0 Å². The van der Waals surface area contributed by atoms with Crippen molar-refractivity contribution < 1.29 is 9.53 Å². The van der Waals surface area contributed by atoms with E-state index in [0.29, 0.717) is 5.82 Å². The van der Waals surface area contributed by atoms with Crippen molar-refractivity contribution >= 4 is 21.9 Å². The van der Waals surface area contributed by atoms with Gasteiger partial charge < -0.3 is 9.72 Å². The Morgan fingerprint density at radius 1 is 1.42 bits per heavy atom. The van der Waals surface area contributed by atoms with Crippen LogP contribution >= 0.6 is 15.9 Å². The summed E-state index contributed by atoms with van der Waals surface area (Å²) in [7, 11) is 0. The van der Waals surface area contributed by atoms with Crippen molar-refractivity contribution in [2.75, 3.05) is 6.61 Å². The zero-order valence-electron chi connectivity index (χ0n) is 10.1. The molecule has 6 heteroatoms. The molecule has 0 aliphatic heterocycles. The lowest BCUT2D eigenvalue weighted by atomic mass is 10.2. The molecule has 0 saturated carbocycles. The first-order chi connectivity index (χ1) is 9.13. The number of halogens is 1. The molecule has 0 aliphatic carbocycles. The zero-order valence-corrected chi connectivity index (χ0v) is 11.7. The van der Waals surface area contributed by atoms with Gasteiger partial charge in [-0.2, -0.15) is 0 Å². The highest BCUT2D eigenvalue weighted by atomic mass is 79.9. The third kappa shape index (κ3) is 2.90. The van der Waals surface area contributed by atoms with Crippen molar-refractivity contribution in [3.05, 3.63) is 50.9 Å². The quantitative estimate of drug-likeness (QED) is 0.880. The van der Waals surface area contributed by atoms with Crippen LogP contribution in [-0.2, 0) is 4.74 Å². The molecule has 0 aliphatic rings. The number of carbonyl (C=O) groups excluding carboxylic acids is 1. The van der Waals surface area contributed by atoms with Crippen LogP contribution in [0.15, 0.2) is 39.7 Å². The van der Waals surface area contributed by atoms with Crippen molar-refractivity contribution in [1.82, 2.24) is 9.97 Å². The van der Waals surface area contributed by atoms with Gasteiger partial charge in [0.25, 0.3) is 5.56 Å². The maximum atomic E-state index is 11.8. The molecule has 0 fully saturated rings. The van der Waals surface area contributed by atoms with Crippen molar-refractivity contribution in [2.45, 2.75) is 6.92 Å². The van der Waals surface area contributed by atoms with Gasteiger partial charge in [-0.3, -0.25) is 4.79 Å². The van der Waals surface area contributed by atoms with Gasteiger partial charge in [0.2, 0.25) is 0 Å². The Bertz CT molecular complexity index is 667. The van der Waals surface area contributed by atoms with Crippen LogP contribution in [0.1, 0.15) is 17.3 Å². The number of hydrogen-bond acceptors (Lipinski definition) is 4. The fraction of sp³-hybridized carbons (Fsp3) is 0.154. The first kappa shape index (κ1) is 13.5. The molecule has 19 heavy (non-hydrogen) atoms. The molecule has 0 atom stereocenters. The number of hydrogen-bond donors (Lipinski definition) is 1. The molecule has 1 aromatic carbocycles. The maximum Gasteiger partial charge on any atom is 0.345 e. The lowest BCUT2D eigenvalue weighted by molar-refractivity contribution is 0.0524. The first-order valence-electron chi connectivity index (χ1n) is 5.64. The summed E-state index contributed by atoms with van der Waals surface area (Å²) in [5, 5.41) is 0. The number of nitrogens with zero attached hydrogens (tertiary/aromatic N) is 1. The number of H-pyrrole nitrogens is 1. The van der Waals surface area contributed by atoms with Gasteiger partial charge in [-0.1, -0.05) is 34.1 Å². The third-order valence-electron chi connectivity index (χ3n) is 2.42. The highest BCUT2D eigenvalue weighted by Gasteiger charge is 2.14. The van der Waals surface area contributed by atoms with E-state index in [1.807, 2.05) is 24.3 Å². The number of aromatic nitrogens is 2. The average Bonchev–Trinajstić information content (AvgIpc) is 2.39. The number of esters is 1. The highest BCUT2D eigenvalue weighted by Crippen LogP contribution is 2.23.